The molecule has 118 valence electrons. The molecular weight excluding hydrogens is 294 g/mol. The molecule has 0 fully saturated rings. The van der Waals surface area contributed by atoms with Crippen molar-refractivity contribution in [1.82, 2.24) is 4.98 Å². The largest absolute Gasteiger partial charge is 0.508 e. The number of rotatable bonds is 5. The van der Waals surface area contributed by atoms with Crippen LogP contribution in [0.3, 0.4) is 0 Å². The number of phenolic OH excluding ortho intramolecular Hbond substituents is 3. The van der Waals surface area contributed by atoms with Crippen molar-refractivity contribution in [2.24, 2.45) is 0 Å². The molecule has 1 aromatic heterocycles. The molecule has 0 aliphatic carbocycles. The highest BCUT2D eigenvalue weighted by molar-refractivity contribution is 5.98. The van der Waals surface area contributed by atoms with Crippen LogP contribution in [0.1, 0.15) is 28.8 Å². The molecule has 3 rings (SSSR count). The minimum atomic E-state index is -0.202. The lowest BCUT2D eigenvalue weighted by Gasteiger charge is -2.04. The Bertz CT molecular complexity index is 867. The van der Waals surface area contributed by atoms with Crippen LogP contribution in [0.5, 0.6) is 17.2 Å². The number of fused-ring (bicyclic) bond motifs is 1. The number of aromatic nitrogens is 1. The fraction of sp³-hybridized carbons (Fsp3) is 0.167. The van der Waals surface area contributed by atoms with Crippen LogP contribution in [0.25, 0.3) is 10.9 Å². The van der Waals surface area contributed by atoms with Gasteiger partial charge in [-0.2, -0.15) is 0 Å². The fourth-order valence-electron chi connectivity index (χ4n) is 2.70. The van der Waals surface area contributed by atoms with Crippen LogP contribution < -0.4 is 0 Å². The van der Waals surface area contributed by atoms with Gasteiger partial charge >= 0.3 is 0 Å². The van der Waals surface area contributed by atoms with Crippen molar-refractivity contribution in [2.45, 2.75) is 19.3 Å². The quantitative estimate of drug-likeness (QED) is 0.543. The van der Waals surface area contributed by atoms with Gasteiger partial charge in [-0.3, -0.25) is 4.79 Å². The highest BCUT2D eigenvalue weighted by Gasteiger charge is 2.12. The number of aromatic hydroxyl groups is 3. The van der Waals surface area contributed by atoms with Gasteiger partial charge in [0.1, 0.15) is 17.2 Å². The summed E-state index contributed by atoms with van der Waals surface area (Å²) in [6.07, 6.45) is 3.49. The van der Waals surface area contributed by atoms with Crippen molar-refractivity contribution in [2.75, 3.05) is 0 Å². The molecule has 0 saturated heterocycles. The number of nitrogens with one attached hydrogen (secondary N) is 1. The lowest BCUT2D eigenvalue weighted by molar-refractivity contribution is 0.0977. The lowest BCUT2D eigenvalue weighted by Crippen LogP contribution is -2.00. The number of ketones is 1. The Morgan fingerprint density at radius 2 is 1.74 bits per heavy atom. The van der Waals surface area contributed by atoms with E-state index in [2.05, 4.69) is 4.98 Å². The third-order valence-electron chi connectivity index (χ3n) is 3.88. The predicted octanol–water partition coefficient (Wildman–Crippen LogP) is 3.49. The summed E-state index contributed by atoms with van der Waals surface area (Å²) in [5.74, 6) is -0.224. The Kier molecular flexibility index (Phi) is 3.93. The molecular formula is C18H17NO4. The Morgan fingerprint density at radius 1 is 1.00 bits per heavy atom. The molecule has 0 spiro atoms. The number of Topliss-reactive ketones (excluding diaryl/α,β-unsaturated/α-hetero) is 1. The topological polar surface area (TPSA) is 93.6 Å². The standard InChI is InChI=1S/C18H17NO4/c20-12-5-7-16-15(8-12)11(10-19-16)2-1-3-17(22)14-6-4-13(21)9-18(14)23/h4-10,19-21,23H,1-3H2. The average molecular weight is 311 g/mol. The molecule has 3 aromatic rings. The molecule has 0 radical (unpaired) electrons. The van der Waals surface area contributed by atoms with Gasteiger partial charge in [0.2, 0.25) is 0 Å². The monoisotopic (exact) mass is 311 g/mol. The second-order valence-corrected chi connectivity index (χ2v) is 5.52. The third-order valence-corrected chi connectivity index (χ3v) is 3.88. The number of benzene rings is 2. The van der Waals surface area contributed by atoms with Crippen molar-refractivity contribution in [1.29, 1.82) is 0 Å². The lowest BCUT2D eigenvalue weighted by atomic mass is 10.0. The van der Waals surface area contributed by atoms with E-state index < -0.39 is 0 Å². The zero-order valence-corrected chi connectivity index (χ0v) is 12.4. The number of hydrogen-bond acceptors (Lipinski definition) is 4. The molecule has 0 amide bonds. The zero-order chi connectivity index (χ0) is 16.4. The van der Waals surface area contributed by atoms with Crippen LogP contribution in [0.4, 0.5) is 0 Å². The van der Waals surface area contributed by atoms with Crippen molar-refractivity contribution in [3.63, 3.8) is 0 Å². The smallest absolute Gasteiger partial charge is 0.166 e. The molecule has 0 aliphatic rings. The summed E-state index contributed by atoms with van der Waals surface area (Å²) in [7, 11) is 0. The first-order chi connectivity index (χ1) is 11.0. The van der Waals surface area contributed by atoms with Crippen molar-refractivity contribution in [3.05, 3.63) is 53.7 Å². The van der Waals surface area contributed by atoms with Crippen LogP contribution in [-0.2, 0) is 6.42 Å². The van der Waals surface area contributed by atoms with Crippen LogP contribution in [0.15, 0.2) is 42.6 Å². The Morgan fingerprint density at radius 3 is 2.52 bits per heavy atom. The van der Waals surface area contributed by atoms with E-state index in [0.29, 0.717) is 19.3 Å². The molecule has 0 unspecified atom stereocenters. The molecule has 4 N–H and O–H groups in total. The van der Waals surface area contributed by atoms with E-state index in [0.717, 1.165) is 22.5 Å². The van der Waals surface area contributed by atoms with E-state index in [9.17, 15) is 20.1 Å². The van der Waals surface area contributed by atoms with Gasteiger partial charge in [-0.05, 0) is 48.7 Å². The Balaban J connectivity index is 1.66. The normalized spacial score (nSPS) is 11.0. The van der Waals surface area contributed by atoms with Crippen molar-refractivity contribution < 1.29 is 20.1 Å². The number of hydrogen-bond donors (Lipinski definition) is 4. The maximum atomic E-state index is 12.1. The maximum absolute atomic E-state index is 12.1. The number of phenols is 3. The molecule has 1 heterocycles. The van der Waals surface area contributed by atoms with Crippen LogP contribution in [-0.4, -0.2) is 26.1 Å². The SMILES string of the molecule is O=C(CCCc1c[nH]c2ccc(O)cc12)c1ccc(O)cc1O. The first kappa shape index (κ1) is 15.0. The molecule has 23 heavy (non-hydrogen) atoms. The molecule has 5 nitrogen and oxygen atoms in total. The zero-order valence-electron chi connectivity index (χ0n) is 12.4. The van der Waals surface area contributed by atoms with Crippen molar-refractivity contribution in [3.8, 4) is 17.2 Å². The summed E-state index contributed by atoms with van der Waals surface area (Å²) in [5.41, 5.74) is 2.21. The number of carbonyl (C=O) groups is 1. The van der Waals surface area contributed by atoms with Crippen LogP contribution in [0, 0.1) is 0 Å². The second-order valence-electron chi connectivity index (χ2n) is 5.52. The summed E-state index contributed by atoms with van der Waals surface area (Å²) in [6.45, 7) is 0. The summed E-state index contributed by atoms with van der Waals surface area (Å²) in [4.78, 5) is 15.3. The molecule has 0 aliphatic heterocycles. The third kappa shape index (κ3) is 3.13. The van der Waals surface area contributed by atoms with Crippen molar-refractivity contribution >= 4 is 16.7 Å². The van der Waals surface area contributed by atoms with E-state index in [1.807, 2.05) is 12.3 Å². The maximum Gasteiger partial charge on any atom is 0.166 e. The fourth-order valence-corrected chi connectivity index (χ4v) is 2.70. The Hall–Kier alpha value is -2.95. The van der Waals surface area contributed by atoms with Gasteiger partial charge in [0, 0.05) is 29.6 Å². The minimum absolute atomic E-state index is 0.0716. The summed E-state index contributed by atoms with van der Waals surface area (Å²) < 4.78 is 0. The molecule has 5 heteroatoms. The summed E-state index contributed by atoms with van der Waals surface area (Å²) in [6, 6.07) is 9.12. The summed E-state index contributed by atoms with van der Waals surface area (Å²) >= 11 is 0. The number of carbonyl (C=O) groups excluding carboxylic acids is 1. The number of aromatic amines is 1. The number of H-pyrrole nitrogens is 1. The highest BCUT2D eigenvalue weighted by atomic mass is 16.3. The van der Waals surface area contributed by atoms with E-state index in [-0.39, 0.29) is 28.6 Å². The van der Waals surface area contributed by atoms with Crippen LogP contribution >= 0.6 is 0 Å². The number of aryl methyl sites for hydroxylation is 1. The van der Waals surface area contributed by atoms with E-state index in [1.165, 1.54) is 12.1 Å². The predicted molar refractivity (Wildman–Crippen MR) is 87.0 cm³/mol. The van der Waals surface area contributed by atoms with E-state index in [4.69, 9.17) is 0 Å². The van der Waals surface area contributed by atoms with Crippen LogP contribution in [0.2, 0.25) is 0 Å². The first-order valence-electron chi connectivity index (χ1n) is 7.39. The van der Waals surface area contributed by atoms with E-state index in [1.54, 1.807) is 12.1 Å². The van der Waals surface area contributed by atoms with Gasteiger partial charge in [-0.1, -0.05) is 0 Å². The van der Waals surface area contributed by atoms with E-state index >= 15 is 0 Å². The van der Waals surface area contributed by atoms with Gasteiger partial charge in [0.25, 0.3) is 0 Å². The molecule has 2 aromatic carbocycles. The molecule has 0 bridgehead atoms. The Labute approximate surface area is 132 Å². The van der Waals surface area contributed by atoms with Gasteiger partial charge in [0.15, 0.2) is 5.78 Å². The van der Waals surface area contributed by atoms with Gasteiger partial charge in [-0.25, -0.2) is 0 Å². The van der Waals surface area contributed by atoms with Gasteiger partial charge in [0.05, 0.1) is 5.56 Å². The molecule has 0 atom stereocenters. The highest BCUT2D eigenvalue weighted by Crippen LogP contribution is 2.26. The van der Waals surface area contributed by atoms with Gasteiger partial charge < -0.3 is 20.3 Å². The second kappa shape index (κ2) is 6.04. The average Bonchev–Trinajstić information content (AvgIpc) is 2.89. The first-order valence-corrected chi connectivity index (χ1v) is 7.39. The minimum Gasteiger partial charge on any atom is -0.508 e. The molecule has 0 saturated carbocycles. The summed E-state index contributed by atoms with van der Waals surface area (Å²) in [5, 5.41) is 29.5. The van der Waals surface area contributed by atoms with Gasteiger partial charge in [-0.15, -0.1) is 0 Å².